The summed E-state index contributed by atoms with van der Waals surface area (Å²) in [4.78, 5) is 25.4. The number of pyridine rings is 1. The Morgan fingerprint density at radius 2 is 1.93 bits per heavy atom. The van der Waals surface area contributed by atoms with Gasteiger partial charge in [0.1, 0.15) is 5.69 Å². The number of aliphatic carboxylic acids is 1. The van der Waals surface area contributed by atoms with Crippen molar-refractivity contribution in [3.8, 4) is 0 Å². The fourth-order valence-electron chi connectivity index (χ4n) is 2.85. The number of fused-ring (bicyclic) bond motifs is 1. The quantitative estimate of drug-likeness (QED) is 0.710. The third-order valence-electron chi connectivity index (χ3n) is 4.26. The lowest BCUT2D eigenvalue weighted by Crippen LogP contribution is -2.29. The van der Waals surface area contributed by atoms with Crippen LogP contribution < -0.4 is 11.1 Å². The van der Waals surface area contributed by atoms with E-state index in [0.717, 1.165) is 30.2 Å². The average Bonchev–Trinajstić information content (AvgIpc) is 3.04. The van der Waals surface area contributed by atoms with Gasteiger partial charge in [-0.2, -0.15) is 13.2 Å². The van der Waals surface area contributed by atoms with Gasteiger partial charge in [-0.15, -0.1) is 0 Å². The fourth-order valence-corrected chi connectivity index (χ4v) is 3.03. The summed E-state index contributed by atoms with van der Waals surface area (Å²) >= 11 is 5.94. The molecular formula is C18H19ClF3N3O3. The SMILES string of the molecule is NC1CCC(CNC(=O)c2ccc3cc(Cl)ccc3n2)C1.O=C(O)C(F)(F)F. The minimum Gasteiger partial charge on any atom is -0.475 e. The number of benzene rings is 1. The van der Waals surface area contributed by atoms with E-state index in [1.165, 1.54) is 0 Å². The zero-order valence-electron chi connectivity index (χ0n) is 14.7. The molecule has 4 N–H and O–H groups in total. The van der Waals surface area contributed by atoms with Crippen molar-refractivity contribution in [3.63, 3.8) is 0 Å². The Bertz CT molecular complexity index is 861. The van der Waals surface area contributed by atoms with Crippen molar-refractivity contribution < 1.29 is 27.9 Å². The number of nitrogens with zero attached hydrogens (tertiary/aromatic N) is 1. The van der Waals surface area contributed by atoms with Crippen LogP contribution in [0.3, 0.4) is 0 Å². The molecule has 6 nitrogen and oxygen atoms in total. The molecule has 1 saturated carbocycles. The fraction of sp³-hybridized carbons (Fsp3) is 0.389. The van der Waals surface area contributed by atoms with E-state index in [1.54, 1.807) is 12.1 Å². The number of alkyl halides is 3. The molecule has 0 radical (unpaired) electrons. The number of hydrogen-bond acceptors (Lipinski definition) is 4. The van der Waals surface area contributed by atoms with E-state index in [4.69, 9.17) is 27.2 Å². The summed E-state index contributed by atoms with van der Waals surface area (Å²) in [7, 11) is 0. The van der Waals surface area contributed by atoms with Crippen LogP contribution in [0.1, 0.15) is 29.8 Å². The van der Waals surface area contributed by atoms with Crippen molar-refractivity contribution in [2.45, 2.75) is 31.5 Å². The normalized spacial score (nSPS) is 19.0. The molecule has 1 aromatic carbocycles. The summed E-state index contributed by atoms with van der Waals surface area (Å²) in [6, 6.07) is 9.33. The second-order valence-electron chi connectivity index (χ2n) is 6.49. The lowest BCUT2D eigenvalue weighted by Gasteiger charge is -2.11. The smallest absolute Gasteiger partial charge is 0.475 e. The highest BCUT2D eigenvalue weighted by molar-refractivity contribution is 6.31. The van der Waals surface area contributed by atoms with Gasteiger partial charge in [-0.3, -0.25) is 4.79 Å². The van der Waals surface area contributed by atoms with Crippen molar-refractivity contribution in [1.82, 2.24) is 10.3 Å². The van der Waals surface area contributed by atoms with Crippen molar-refractivity contribution in [3.05, 3.63) is 41.0 Å². The molecule has 2 unspecified atom stereocenters. The van der Waals surface area contributed by atoms with Gasteiger partial charge in [0.15, 0.2) is 0 Å². The van der Waals surface area contributed by atoms with Gasteiger partial charge >= 0.3 is 12.1 Å². The average molecular weight is 418 g/mol. The lowest BCUT2D eigenvalue weighted by molar-refractivity contribution is -0.192. The molecule has 1 aliphatic rings. The maximum absolute atomic E-state index is 12.2. The molecule has 152 valence electrons. The van der Waals surface area contributed by atoms with E-state index >= 15 is 0 Å². The third-order valence-corrected chi connectivity index (χ3v) is 4.49. The zero-order chi connectivity index (χ0) is 20.9. The van der Waals surface area contributed by atoms with Crippen LogP contribution in [0.25, 0.3) is 10.9 Å². The van der Waals surface area contributed by atoms with Crippen LogP contribution in [-0.2, 0) is 4.79 Å². The topological polar surface area (TPSA) is 105 Å². The molecule has 1 amide bonds. The number of nitrogens with two attached hydrogens (primary N) is 1. The number of nitrogens with one attached hydrogen (secondary N) is 1. The summed E-state index contributed by atoms with van der Waals surface area (Å²) < 4.78 is 31.7. The maximum atomic E-state index is 12.2. The number of halogens is 4. The number of carbonyl (C=O) groups excluding carboxylic acids is 1. The van der Waals surface area contributed by atoms with E-state index in [0.29, 0.717) is 23.2 Å². The monoisotopic (exact) mass is 417 g/mol. The Kier molecular flexibility index (Phi) is 7.20. The van der Waals surface area contributed by atoms with Crippen LogP contribution in [0, 0.1) is 5.92 Å². The molecule has 1 fully saturated rings. The lowest BCUT2D eigenvalue weighted by atomic mass is 10.1. The van der Waals surface area contributed by atoms with E-state index in [9.17, 15) is 18.0 Å². The van der Waals surface area contributed by atoms with Crippen molar-refractivity contribution in [2.75, 3.05) is 6.54 Å². The van der Waals surface area contributed by atoms with Gasteiger partial charge in [-0.25, -0.2) is 9.78 Å². The van der Waals surface area contributed by atoms with E-state index in [1.807, 2.05) is 18.2 Å². The molecule has 3 rings (SSSR count). The van der Waals surface area contributed by atoms with E-state index in [2.05, 4.69) is 10.3 Å². The molecule has 1 heterocycles. The van der Waals surface area contributed by atoms with Crippen molar-refractivity contribution >= 4 is 34.4 Å². The molecule has 28 heavy (non-hydrogen) atoms. The van der Waals surface area contributed by atoms with Gasteiger partial charge in [-0.1, -0.05) is 17.7 Å². The summed E-state index contributed by atoms with van der Waals surface area (Å²) in [5.41, 5.74) is 7.09. The number of carboxylic acids is 1. The maximum Gasteiger partial charge on any atom is 0.490 e. The highest BCUT2D eigenvalue weighted by Gasteiger charge is 2.38. The van der Waals surface area contributed by atoms with Crippen LogP contribution in [0.4, 0.5) is 13.2 Å². The van der Waals surface area contributed by atoms with Crippen LogP contribution >= 0.6 is 11.6 Å². The second-order valence-corrected chi connectivity index (χ2v) is 6.92. The molecule has 2 aromatic rings. The number of hydrogen-bond donors (Lipinski definition) is 3. The first kappa shape index (κ1) is 21.9. The third kappa shape index (κ3) is 6.35. The Morgan fingerprint density at radius 3 is 2.50 bits per heavy atom. The predicted molar refractivity (Wildman–Crippen MR) is 98.1 cm³/mol. The predicted octanol–water partition coefficient (Wildman–Crippen LogP) is 3.38. The first-order chi connectivity index (χ1) is 13.1. The van der Waals surface area contributed by atoms with Crippen molar-refractivity contribution in [2.24, 2.45) is 11.7 Å². The van der Waals surface area contributed by atoms with Gasteiger partial charge in [-0.05, 0) is 49.4 Å². The molecular weight excluding hydrogens is 399 g/mol. The second kappa shape index (κ2) is 9.20. The van der Waals surface area contributed by atoms with Gasteiger partial charge in [0.25, 0.3) is 5.91 Å². The number of carbonyl (C=O) groups is 2. The number of rotatable bonds is 3. The van der Waals surface area contributed by atoms with Crippen LogP contribution in [0.2, 0.25) is 5.02 Å². The van der Waals surface area contributed by atoms with E-state index < -0.39 is 12.1 Å². The summed E-state index contributed by atoms with van der Waals surface area (Å²) in [5.74, 6) is -2.40. The molecule has 0 bridgehead atoms. The van der Waals surface area contributed by atoms with Gasteiger partial charge in [0, 0.05) is 23.0 Å². The van der Waals surface area contributed by atoms with Gasteiger partial charge in [0.2, 0.25) is 0 Å². The molecule has 0 spiro atoms. The largest absolute Gasteiger partial charge is 0.490 e. The Balaban J connectivity index is 0.000000345. The summed E-state index contributed by atoms with van der Waals surface area (Å²) in [5, 5.41) is 11.7. The Hall–Kier alpha value is -2.39. The van der Waals surface area contributed by atoms with E-state index in [-0.39, 0.29) is 11.9 Å². The minimum atomic E-state index is -5.08. The van der Waals surface area contributed by atoms with Crippen LogP contribution in [0.5, 0.6) is 0 Å². The van der Waals surface area contributed by atoms with Crippen LogP contribution in [0.15, 0.2) is 30.3 Å². The van der Waals surface area contributed by atoms with Gasteiger partial charge in [0.05, 0.1) is 5.52 Å². The molecule has 0 aliphatic heterocycles. The Morgan fingerprint density at radius 1 is 1.25 bits per heavy atom. The molecule has 1 aromatic heterocycles. The first-order valence-electron chi connectivity index (χ1n) is 8.46. The zero-order valence-corrected chi connectivity index (χ0v) is 15.4. The number of aromatic nitrogens is 1. The molecule has 2 atom stereocenters. The Labute approximate surface area is 163 Å². The highest BCUT2D eigenvalue weighted by Crippen LogP contribution is 2.23. The molecule has 1 aliphatic carbocycles. The number of amides is 1. The van der Waals surface area contributed by atoms with Crippen LogP contribution in [-0.4, -0.2) is 40.7 Å². The van der Waals surface area contributed by atoms with Gasteiger partial charge < -0.3 is 16.2 Å². The number of carboxylic acid groups (broad SMARTS) is 1. The minimum absolute atomic E-state index is 0.132. The molecule has 0 saturated heterocycles. The summed E-state index contributed by atoms with van der Waals surface area (Å²) in [6.45, 7) is 0.673. The highest BCUT2D eigenvalue weighted by atomic mass is 35.5. The standard InChI is InChI=1S/C16H18ClN3O.C2HF3O2/c17-12-3-6-14-11(8-12)2-5-15(20-14)16(21)19-9-10-1-4-13(18)7-10;3-2(4,5)1(6)7/h2-3,5-6,8,10,13H,1,4,7,9,18H2,(H,19,21);(H,6,7). The molecule has 10 heteroatoms. The van der Waals surface area contributed by atoms with Crippen molar-refractivity contribution in [1.29, 1.82) is 0 Å². The first-order valence-corrected chi connectivity index (χ1v) is 8.84. The summed E-state index contributed by atoms with van der Waals surface area (Å²) in [6.07, 6.45) is -1.95.